The zero-order valence-corrected chi connectivity index (χ0v) is 21.1. The molecule has 36 heavy (non-hydrogen) atoms. The van der Waals surface area contributed by atoms with Gasteiger partial charge in [-0.1, -0.05) is 19.0 Å². The zero-order valence-electron chi connectivity index (χ0n) is 21.1. The topological polar surface area (TPSA) is 178 Å². The first-order valence-corrected chi connectivity index (χ1v) is 11.5. The number of hydrogen-bond donors (Lipinski definition) is 3. The fraction of sp³-hybridized carbons (Fsp3) is 0.652. The number of Topliss-reactive ketones (excluding diaryl/α,β-unsaturated/α-hetero) is 2. The van der Waals surface area contributed by atoms with Crippen molar-refractivity contribution >= 4 is 35.7 Å². The van der Waals surface area contributed by atoms with Gasteiger partial charge in [0.1, 0.15) is 11.6 Å². The first-order chi connectivity index (χ1) is 17.0. The number of ether oxygens (including phenoxy) is 3. The maximum atomic E-state index is 13.1. The maximum absolute atomic E-state index is 13.1. The number of carbonyl (C=O) groups excluding carboxylic acids is 5. The van der Waals surface area contributed by atoms with Gasteiger partial charge in [0.25, 0.3) is 5.91 Å². The van der Waals surface area contributed by atoms with Crippen LogP contribution in [0, 0.1) is 11.8 Å². The van der Waals surface area contributed by atoms with Crippen molar-refractivity contribution in [1.82, 2.24) is 15.8 Å². The van der Waals surface area contributed by atoms with E-state index in [0.29, 0.717) is 19.4 Å². The minimum absolute atomic E-state index is 0.0439. The summed E-state index contributed by atoms with van der Waals surface area (Å²) in [5, 5.41) is 11.0. The standard InChI is InChI=1S/C23H34N4O9/c1-13(2)6-15(20(30)23(3)11-35-23)25-21(31)14(9-33-4)7-18(29)17(10-34-5)26-22(32)16-8-19(24-12-28)36-27-16/h8,12-15,17H,6-7,9-11H2,1-5H3,(H,24,28)(H,25,31)(H,26,32)/t14-,15-,17-,23+/m0/s1. The number of nitrogens with zero attached hydrogens (tertiary/aromatic N) is 1. The number of ketones is 2. The van der Waals surface area contributed by atoms with Gasteiger partial charge in [0, 0.05) is 26.7 Å². The van der Waals surface area contributed by atoms with Crippen LogP contribution in [-0.2, 0) is 33.4 Å². The van der Waals surface area contributed by atoms with Crippen molar-refractivity contribution in [2.45, 2.75) is 51.3 Å². The molecule has 0 bridgehead atoms. The average Bonchev–Trinajstić information content (AvgIpc) is 3.39. The molecule has 1 saturated heterocycles. The molecule has 0 radical (unpaired) electrons. The van der Waals surface area contributed by atoms with Crippen LogP contribution in [0.2, 0.25) is 0 Å². The molecule has 1 fully saturated rings. The third-order valence-corrected chi connectivity index (χ3v) is 5.60. The molecule has 1 aromatic heterocycles. The van der Waals surface area contributed by atoms with E-state index < -0.39 is 41.2 Å². The van der Waals surface area contributed by atoms with E-state index in [4.69, 9.17) is 18.7 Å². The molecule has 0 aliphatic carbocycles. The Morgan fingerprint density at radius 1 is 1.14 bits per heavy atom. The Kier molecular flexibility index (Phi) is 10.7. The second-order valence-electron chi connectivity index (χ2n) is 9.22. The molecule has 1 aliphatic heterocycles. The van der Waals surface area contributed by atoms with Gasteiger partial charge in [-0.15, -0.1) is 0 Å². The van der Waals surface area contributed by atoms with Crippen LogP contribution >= 0.6 is 0 Å². The van der Waals surface area contributed by atoms with E-state index in [2.05, 4.69) is 21.1 Å². The van der Waals surface area contributed by atoms with E-state index in [1.165, 1.54) is 20.3 Å². The molecule has 2 rings (SSSR count). The molecule has 3 amide bonds. The number of nitrogens with one attached hydrogen (secondary N) is 3. The zero-order chi connectivity index (χ0) is 26.9. The van der Waals surface area contributed by atoms with E-state index in [1.54, 1.807) is 6.92 Å². The Hall–Kier alpha value is -3.16. The van der Waals surface area contributed by atoms with Crippen LogP contribution in [-0.4, -0.2) is 86.7 Å². The third-order valence-electron chi connectivity index (χ3n) is 5.60. The lowest BCUT2D eigenvalue weighted by atomic mass is 9.92. The number of methoxy groups -OCH3 is 2. The molecule has 2 heterocycles. The fourth-order valence-electron chi connectivity index (χ4n) is 3.55. The molecule has 0 unspecified atom stereocenters. The summed E-state index contributed by atoms with van der Waals surface area (Å²) < 4.78 is 20.3. The molecule has 13 heteroatoms. The first-order valence-electron chi connectivity index (χ1n) is 11.5. The van der Waals surface area contributed by atoms with Crippen molar-refractivity contribution in [3.63, 3.8) is 0 Å². The Morgan fingerprint density at radius 3 is 2.36 bits per heavy atom. The monoisotopic (exact) mass is 510 g/mol. The number of carbonyl (C=O) groups is 5. The van der Waals surface area contributed by atoms with Gasteiger partial charge in [-0.2, -0.15) is 0 Å². The smallest absolute Gasteiger partial charge is 0.274 e. The van der Waals surface area contributed by atoms with E-state index in [0.717, 1.165) is 0 Å². The Balaban J connectivity index is 2.08. The number of amides is 3. The van der Waals surface area contributed by atoms with Crippen molar-refractivity contribution in [3.05, 3.63) is 11.8 Å². The molecule has 0 spiro atoms. The van der Waals surface area contributed by atoms with Gasteiger partial charge in [0.2, 0.25) is 18.2 Å². The molecular weight excluding hydrogens is 476 g/mol. The quantitative estimate of drug-likeness (QED) is 0.192. The lowest BCUT2D eigenvalue weighted by molar-refractivity contribution is -0.135. The van der Waals surface area contributed by atoms with Crippen LogP contribution in [0.4, 0.5) is 5.88 Å². The summed E-state index contributed by atoms with van der Waals surface area (Å²) >= 11 is 0. The summed E-state index contributed by atoms with van der Waals surface area (Å²) in [6, 6.07) is -0.675. The molecule has 1 aliphatic rings. The van der Waals surface area contributed by atoms with E-state index >= 15 is 0 Å². The molecule has 0 saturated carbocycles. The van der Waals surface area contributed by atoms with Gasteiger partial charge >= 0.3 is 0 Å². The summed E-state index contributed by atoms with van der Waals surface area (Å²) in [6.07, 6.45) is 0.497. The van der Waals surface area contributed by atoms with Crippen molar-refractivity contribution < 1.29 is 42.7 Å². The van der Waals surface area contributed by atoms with Crippen molar-refractivity contribution in [1.29, 1.82) is 0 Å². The molecule has 4 atom stereocenters. The molecule has 1 aromatic rings. The van der Waals surface area contributed by atoms with Crippen LogP contribution in [0.1, 0.15) is 44.1 Å². The number of epoxide rings is 1. The molecular formula is C23H34N4O9. The average molecular weight is 511 g/mol. The Bertz CT molecular complexity index is 942. The number of anilines is 1. The number of hydrogen-bond acceptors (Lipinski definition) is 10. The minimum Gasteiger partial charge on any atom is -0.384 e. The van der Waals surface area contributed by atoms with E-state index in [-0.39, 0.29) is 42.9 Å². The molecule has 0 aromatic carbocycles. The first kappa shape index (κ1) is 29.1. The van der Waals surface area contributed by atoms with Gasteiger partial charge in [0.05, 0.1) is 31.8 Å². The fourth-order valence-corrected chi connectivity index (χ4v) is 3.55. The highest BCUT2D eigenvalue weighted by molar-refractivity contribution is 5.99. The second-order valence-corrected chi connectivity index (χ2v) is 9.22. The SMILES string of the molecule is COC[C@H](CC(=O)[C@H](COC)NC(=O)c1cc(NC=O)on1)C(=O)N[C@@H](CC(C)C)C(=O)[C@@]1(C)CO1. The molecule has 13 nitrogen and oxygen atoms in total. The number of rotatable bonds is 17. The van der Waals surface area contributed by atoms with Gasteiger partial charge in [-0.25, -0.2) is 0 Å². The summed E-state index contributed by atoms with van der Waals surface area (Å²) in [4.78, 5) is 62.0. The highest BCUT2D eigenvalue weighted by Gasteiger charge is 2.50. The highest BCUT2D eigenvalue weighted by atomic mass is 16.6. The largest absolute Gasteiger partial charge is 0.384 e. The molecule has 3 N–H and O–H groups in total. The van der Waals surface area contributed by atoms with Crippen LogP contribution in [0.15, 0.2) is 10.6 Å². The van der Waals surface area contributed by atoms with Crippen LogP contribution < -0.4 is 16.0 Å². The summed E-state index contributed by atoms with van der Waals surface area (Å²) in [5.41, 5.74) is -1.07. The Labute approximate surface area is 208 Å². The van der Waals surface area contributed by atoms with Gasteiger partial charge in [-0.3, -0.25) is 29.3 Å². The number of aromatic nitrogens is 1. The van der Waals surface area contributed by atoms with Crippen LogP contribution in [0.5, 0.6) is 0 Å². The van der Waals surface area contributed by atoms with Crippen LogP contribution in [0.25, 0.3) is 0 Å². The highest BCUT2D eigenvalue weighted by Crippen LogP contribution is 2.29. The maximum Gasteiger partial charge on any atom is 0.274 e. The van der Waals surface area contributed by atoms with Crippen molar-refractivity contribution in [2.24, 2.45) is 11.8 Å². The van der Waals surface area contributed by atoms with Crippen LogP contribution in [0.3, 0.4) is 0 Å². The summed E-state index contributed by atoms with van der Waals surface area (Å²) in [5.74, 6) is -2.78. The molecule has 200 valence electrons. The third kappa shape index (κ3) is 8.21. The minimum atomic E-state index is -1.10. The van der Waals surface area contributed by atoms with Gasteiger partial charge < -0.3 is 29.4 Å². The normalized spacial score (nSPS) is 19.2. The van der Waals surface area contributed by atoms with Crippen molar-refractivity contribution in [3.8, 4) is 0 Å². The lowest BCUT2D eigenvalue weighted by Gasteiger charge is -2.25. The van der Waals surface area contributed by atoms with Gasteiger partial charge in [-0.05, 0) is 19.3 Å². The summed E-state index contributed by atoms with van der Waals surface area (Å²) in [7, 11) is 2.75. The van der Waals surface area contributed by atoms with Crippen molar-refractivity contribution in [2.75, 3.05) is 39.4 Å². The summed E-state index contributed by atoms with van der Waals surface area (Å²) in [6.45, 7) is 5.61. The van der Waals surface area contributed by atoms with E-state index in [1.807, 2.05) is 13.8 Å². The van der Waals surface area contributed by atoms with Gasteiger partial charge in [0.15, 0.2) is 17.3 Å². The lowest BCUT2D eigenvalue weighted by Crippen LogP contribution is -2.50. The Morgan fingerprint density at radius 2 is 1.81 bits per heavy atom. The predicted molar refractivity (Wildman–Crippen MR) is 125 cm³/mol. The van der Waals surface area contributed by atoms with E-state index in [9.17, 15) is 24.0 Å². The predicted octanol–water partition coefficient (Wildman–Crippen LogP) is 0.0984. The second kappa shape index (κ2) is 13.2.